The quantitative estimate of drug-likeness (QED) is 0.218. The van der Waals surface area contributed by atoms with Crippen molar-refractivity contribution in [1.82, 2.24) is 10.6 Å². The Hall–Kier alpha value is -1.79. The second-order valence-corrected chi connectivity index (χ2v) is 4.63. The molecule has 0 spiro atoms. The van der Waals surface area contributed by atoms with Crippen molar-refractivity contribution in [1.29, 1.82) is 0 Å². The first-order valence-corrected chi connectivity index (χ1v) is 6.46. The summed E-state index contributed by atoms with van der Waals surface area (Å²) in [5.74, 6) is -1.20. The molecule has 7 nitrogen and oxygen atoms in total. The van der Waals surface area contributed by atoms with Gasteiger partial charge >= 0.3 is 0 Å². The first-order chi connectivity index (χ1) is 8.92. The van der Waals surface area contributed by atoms with E-state index in [1.807, 2.05) is 20.8 Å². The Morgan fingerprint density at radius 3 is 2.47 bits per heavy atom. The predicted molar refractivity (Wildman–Crippen MR) is 72.7 cm³/mol. The fraction of sp³-hybridized carbons (Fsp3) is 0.750. The predicted octanol–water partition coefficient (Wildman–Crippen LogP) is 0.180. The highest BCUT2D eigenvalue weighted by Crippen LogP contribution is 2.06. The van der Waals surface area contributed by atoms with Crippen LogP contribution in [0, 0.1) is 5.92 Å². The zero-order valence-electron chi connectivity index (χ0n) is 11.8. The molecule has 1 unspecified atom stereocenters. The third-order valence-electron chi connectivity index (χ3n) is 2.47. The Labute approximate surface area is 113 Å². The average molecular weight is 272 g/mol. The van der Waals surface area contributed by atoms with E-state index in [4.69, 9.17) is 10.9 Å². The van der Waals surface area contributed by atoms with Crippen LogP contribution in [0.1, 0.15) is 40.0 Å². The zero-order chi connectivity index (χ0) is 14.8. The van der Waals surface area contributed by atoms with Crippen molar-refractivity contribution in [2.45, 2.75) is 46.1 Å². The molecular weight excluding hydrogens is 248 g/mol. The molecule has 7 heteroatoms. The molecule has 0 rings (SSSR count). The zero-order valence-corrected chi connectivity index (χ0v) is 11.8. The lowest BCUT2D eigenvalue weighted by Crippen LogP contribution is -2.40. The van der Waals surface area contributed by atoms with Gasteiger partial charge in [0.2, 0.25) is 11.8 Å². The second kappa shape index (κ2) is 9.18. The van der Waals surface area contributed by atoms with Crippen molar-refractivity contribution in [3.05, 3.63) is 0 Å². The molecule has 0 aliphatic rings. The molecule has 0 heterocycles. The molecule has 1 atom stereocenters. The van der Waals surface area contributed by atoms with Crippen LogP contribution in [0.3, 0.4) is 0 Å². The summed E-state index contributed by atoms with van der Waals surface area (Å²) in [4.78, 5) is 23.2. The van der Waals surface area contributed by atoms with Crippen molar-refractivity contribution >= 4 is 17.6 Å². The number of rotatable bonds is 8. The lowest BCUT2D eigenvalue weighted by Gasteiger charge is -2.14. The number of amides is 2. The van der Waals surface area contributed by atoms with Gasteiger partial charge in [-0.05, 0) is 20.3 Å². The number of nitrogens with one attached hydrogen (secondary N) is 2. The van der Waals surface area contributed by atoms with E-state index >= 15 is 0 Å². The summed E-state index contributed by atoms with van der Waals surface area (Å²) in [6.45, 7) is 5.87. The topological polar surface area (TPSA) is 117 Å². The van der Waals surface area contributed by atoms with Gasteiger partial charge in [-0.3, -0.25) is 9.59 Å². The molecule has 0 saturated heterocycles. The SMILES string of the molecule is CCCC(C(=O)NCCC(=O)NC(C)C)C(N)=NO. The Balaban J connectivity index is 4.17. The van der Waals surface area contributed by atoms with Gasteiger partial charge in [-0.15, -0.1) is 0 Å². The number of hydrogen-bond acceptors (Lipinski definition) is 4. The number of amidine groups is 1. The largest absolute Gasteiger partial charge is 0.409 e. The molecule has 0 aromatic carbocycles. The first-order valence-electron chi connectivity index (χ1n) is 6.46. The van der Waals surface area contributed by atoms with Crippen LogP contribution in [0.5, 0.6) is 0 Å². The normalized spacial score (nSPS) is 13.2. The highest BCUT2D eigenvalue weighted by Gasteiger charge is 2.21. The maximum Gasteiger partial charge on any atom is 0.230 e. The van der Waals surface area contributed by atoms with E-state index in [9.17, 15) is 9.59 Å². The van der Waals surface area contributed by atoms with E-state index in [2.05, 4.69) is 15.8 Å². The number of nitrogens with zero attached hydrogens (tertiary/aromatic N) is 1. The van der Waals surface area contributed by atoms with Gasteiger partial charge in [0.1, 0.15) is 0 Å². The molecule has 5 N–H and O–H groups in total. The number of carbonyl (C=O) groups is 2. The summed E-state index contributed by atoms with van der Waals surface area (Å²) >= 11 is 0. The summed E-state index contributed by atoms with van der Waals surface area (Å²) in [6, 6.07) is 0.0770. The van der Waals surface area contributed by atoms with Crippen molar-refractivity contribution in [3.8, 4) is 0 Å². The van der Waals surface area contributed by atoms with Crippen LogP contribution >= 0.6 is 0 Å². The minimum absolute atomic E-state index is 0.0770. The fourth-order valence-electron chi connectivity index (χ4n) is 1.59. The molecule has 0 aromatic rings. The van der Waals surface area contributed by atoms with E-state index in [0.29, 0.717) is 6.42 Å². The van der Waals surface area contributed by atoms with E-state index in [-0.39, 0.29) is 36.7 Å². The van der Waals surface area contributed by atoms with Crippen molar-refractivity contribution in [2.24, 2.45) is 16.8 Å². The molecule has 0 aromatic heterocycles. The number of carbonyl (C=O) groups excluding carboxylic acids is 2. The van der Waals surface area contributed by atoms with Crippen LogP contribution in [0.4, 0.5) is 0 Å². The maximum absolute atomic E-state index is 11.8. The van der Waals surface area contributed by atoms with E-state index in [0.717, 1.165) is 6.42 Å². The van der Waals surface area contributed by atoms with Gasteiger partial charge in [0.05, 0.1) is 5.92 Å². The highest BCUT2D eigenvalue weighted by molar-refractivity contribution is 6.02. The minimum atomic E-state index is -0.650. The van der Waals surface area contributed by atoms with Gasteiger partial charge in [0.25, 0.3) is 0 Å². The van der Waals surface area contributed by atoms with Crippen LogP contribution in [0.2, 0.25) is 0 Å². The summed E-state index contributed by atoms with van der Waals surface area (Å²) in [6.07, 6.45) is 1.45. The van der Waals surface area contributed by atoms with Gasteiger partial charge < -0.3 is 21.6 Å². The summed E-state index contributed by atoms with van der Waals surface area (Å²) in [5.41, 5.74) is 5.46. The van der Waals surface area contributed by atoms with Crippen molar-refractivity contribution in [2.75, 3.05) is 6.54 Å². The molecule has 0 fully saturated rings. The molecule has 0 radical (unpaired) electrons. The van der Waals surface area contributed by atoms with Gasteiger partial charge in [0.15, 0.2) is 5.84 Å². The monoisotopic (exact) mass is 272 g/mol. The molecule has 0 aliphatic carbocycles. The molecule has 19 heavy (non-hydrogen) atoms. The van der Waals surface area contributed by atoms with Gasteiger partial charge in [0, 0.05) is 19.0 Å². The summed E-state index contributed by atoms with van der Waals surface area (Å²) < 4.78 is 0. The van der Waals surface area contributed by atoms with Crippen LogP contribution in [0.25, 0.3) is 0 Å². The smallest absolute Gasteiger partial charge is 0.230 e. The minimum Gasteiger partial charge on any atom is -0.409 e. The van der Waals surface area contributed by atoms with Crippen LogP contribution < -0.4 is 16.4 Å². The maximum atomic E-state index is 11.8. The molecule has 2 amide bonds. The molecule has 0 saturated carbocycles. The van der Waals surface area contributed by atoms with Gasteiger partial charge in [-0.25, -0.2) is 0 Å². The first kappa shape index (κ1) is 17.2. The number of oxime groups is 1. The fourth-order valence-corrected chi connectivity index (χ4v) is 1.59. The molecule has 0 bridgehead atoms. The number of nitrogens with two attached hydrogens (primary N) is 1. The third kappa shape index (κ3) is 7.28. The summed E-state index contributed by atoms with van der Waals surface area (Å²) in [5, 5.41) is 16.8. The van der Waals surface area contributed by atoms with Crippen LogP contribution in [-0.4, -0.2) is 35.4 Å². The van der Waals surface area contributed by atoms with Gasteiger partial charge in [-0.2, -0.15) is 0 Å². The summed E-state index contributed by atoms with van der Waals surface area (Å²) in [7, 11) is 0. The standard InChI is InChI=1S/C12H24N4O3/c1-4-5-9(11(13)16-19)12(18)14-7-6-10(17)15-8(2)3/h8-9,19H,4-7H2,1-3H3,(H2,13,16)(H,14,18)(H,15,17). The Bertz CT molecular complexity index is 329. The highest BCUT2D eigenvalue weighted by atomic mass is 16.4. The molecular formula is C12H24N4O3. The van der Waals surface area contributed by atoms with Crippen molar-refractivity contribution in [3.63, 3.8) is 0 Å². The Kier molecular flexibility index (Phi) is 8.32. The van der Waals surface area contributed by atoms with E-state index in [1.54, 1.807) is 0 Å². The van der Waals surface area contributed by atoms with Gasteiger partial charge in [-0.1, -0.05) is 18.5 Å². The lowest BCUT2D eigenvalue weighted by molar-refractivity contribution is -0.123. The van der Waals surface area contributed by atoms with Crippen LogP contribution in [0.15, 0.2) is 5.16 Å². The Morgan fingerprint density at radius 2 is 2.00 bits per heavy atom. The van der Waals surface area contributed by atoms with E-state index in [1.165, 1.54) is 0 Å². The van der Waals surface area contributed by atoms with Crippen molar-refractivity contribution < 1.29 is 14.8 Å². The van der Waals surface area contributed by atoms with Crippen LogP contribution in [-0.2, 0) is 9.59 Å². The lowest BCUT2D eigenvalue weighted by atomic mass is 10.0. The average Bonchev–Trinajstić information content (AvgIpc) is 2.33. The second-order valence-electron chi connectivity index (χ2n) is 4.63. The number of hydrogen-bond donors (Lipinski definition) is 4. The molecule has 0 aliphatic heterocycles. The van der Waals surface area contributed by atoms with E-state index < -0.39 is 5.92 Å². The Morgan fingerprint density at radius 1 is 1.37 bits per heavy atom. The molecule has 110 valence electrons. The third-order valence-corrected chi connectivity index (χ3v) is 2.47.